The molecule has 1 amide bonds. The Balaban J connectivity index is 2.38. The maximum absolute atomic E-state index is 11.6. The molecule has 17 heavy (non-hydrogen) atoms. The molecule has 0 bridgehead atoms. The Bertz CT molecular complexity index is 394. The van der Waals surface area contributed by atoms with E-state index < -0.39 is 10.8 Å². The molecule has 0 aliphatic carbocycles. The van der Waals surface area contributed by atoms with Crippen molar-refractivity contribution in [1.29, 1.82) is 0 Å². The fourth-order valence-electron chi connectivity index (χ4n) is 1.15. The smallest absolute Gasteiger partial charge is 0.271 e. The lowest BCUT2D eigenvalue weighted by atomic mass is 10.3. The first-order valence-electron chi connectivity index (χ1n) is 5.23. The molecule has 1 aromatic rings. The highest BCUT2D eigenvalue weighted by Gasteiger charge is 2.06. The predicted octanol–water partition coefficient (Wildman–Crippen LogP) is 0.0167. The molecule has 1 aromatic heterocycles. The summed E-state index contributed by atoms with van der Waals surface area (Å²) in [5.74, 6) is 0.940. The maximum atomic E-state index is 11.6. The summed E-state index contributed by atoms with van der Waals surface area (Å²) in [5.41, 5.74) is 0.279. The van der Waals surface area contributed by atoms with Gasteiger partial charge in [0.25, 0.3) is 5.91 Å². The molecule has 0 saturated heterocycles. The lowest BCUT2D eigenvalue weighted by Crippen LogP contribution is -2.26. The van der Waals surface area contributed by atoms with Crippen molar-refractivity contribution in [1.82, 2.24) is 15.5 Å². The summed E-state index contributed by atoms with van der Waals surface area (Å²) in [5, 5.41) is 13.1. The molecule has 0 saturated carbocycles. The summed E-state index contributed by atoms with van der Waals surface area (Å²) in [7, 11) is 0.914. The first kappa shape index (κ1) is 13.6. The van der Waals surface area contributed by atoms with Gasteiger partial charge in [0, 0.05) is 36.4 Å². The van der Waals surface area contributed by atoms with Crippen LogP contribution >= 0.6 is 0 Å². The Kier molecular flexibility index (Phi) is 5.55. The summed E-state index contributed by atoms with van der Waals surface area (Å²) in [6.45, 7) is 0.494. The highest BCUT2D eigenvalue weighted by Crippen LogP contribution is 2.00. The molecule has 7 heteroatoms. The fraction of sp³-hybridized carbons (Fsp3) is 0.500. The number of anilines is 1. The van der Waals surface area contributed by atoms with Crippen LogP contribution < -0.4 is 10.6 Å². The van der Waals surface area contributed by atoms with E-state index in [4.69, 9.17) is 0 Å². The number of rotatable bonds is 6. The zero-order valence-corrected chi connectivity index (χ0v) is 10.7. The van der Waals surface area contributed by atoms with Crippen molar-refractivity contribution >= 4 is 22.5 Å². The van der Waals surface area contributed by atoms with Gasteiger partial charge in [-0.2, -0.15) is 0 Å². The van der Waals surface area contributed by atoms with Gasteiger partial charge in [-0.05, 0) is 18.6 Å². The first-order valence-corrected chi connectivity index (χ1v) is 6.96. The third-order valence-corrected chi connectivity index (χ3v) is 2.91. The molecule has 0 aromatic carbocycles. The number of hydrogen-bond acceptors (Lipinski definition) is 5. The minimum atomic E-state index is -0.817. The molecule has 6 nitrogen and oxygen atoms in total. The van der Waals surface area contributed by atoms with E-state index in [1.165, 1.54) is 0 Å². The van der Waals surface area contributed by atoms with Gasteiger partial charge in [-0.15, -0.1) is 10.2 Å². The van der Waals surface area contributed by atoms with Crippen LogP contribution in [0.4, 0.5) is 5.82 Å². The third kappa shape index (κ3) is 4.90. The van der Waals surface area contributed by atoms with Gasteiger partial charge in [-0.1, -0.05) is 0 Å². The molecule has 0 radical (unpaired) electrons. The van der Waals surface area contributed by atoms with Crippen LogP contribution in [0.25, 0.3) is 0 Å². The topological polar surface area (TPSA) is 84.0 Å². The number of carbonyl (C=O) groups is 1. The van der Waals surface area contributed by atoms with E-state index in [1.807, 2.05) is 0 Å². The second kappa shape index (κ2) is 6.95. The molecular formula is C10H16N4O2S. The summed E-state index contributed by atoms with van der Waals surface area (Å²) < 4.78 is 10.8. The van der Waals surface area contributed by atoms with Crippen LogP contribution in [0.2, 0.25) is 0 Å². The van der Waals surface area contributed by atoms with Crippen molar-refractivity contribution in [3.8, 4) is 0 Å². The molecule has 0 aliphatic rings. The molecule has 0 spiro atoms. The predicted molar refractivity (Wildman–Crippen MR) is 67.5 cm³/mol. The number of amides is 1. The second-order valence-corrected chi connectivity index (χ2v) is 5.00. The molecule has 1 heterocycles. The van der Waals surface area contributed by atoms with Crippen molar-refractivity contribution in [2.45, 2.75) is 6.42 Å². The minimum absolute atomic E-state index is 0.262. The van der Waals surface area contributed by atoms with Gasteiger partial charge in [0.15, 0.2) is 5.69 Å². The Morgan fingerprint density at radius 1 is 1.41 bits per heavy atom. The normalized spacial score (nSPS) is 11.9. The monoisotopic (exact) mass is 256 g/mol. The van der Waals surface area contributed by atoms with Gasteiger partial charge < -0.3 is 10.6 Å². The van der Waals surface area contributed by atoms with Gasteiger partial charge in [-0.3, -0.25) is 9.00 Å². The van der Waals surface area contributed by atoms with Crippen LogP contribution in [0.1, 0.15) is 16.9 Å². The van der Waals surface area contributed by atoms with E-state index in [2.05, 4.69) is 20.8 Å². The lowest BCUT2D eigenvalue weighted by Gasteiger charge is -2.04. The number of nitrogens with one attached hydrogen (secondary N) is 2. The maximum Gasteiger partial charge on any atom is 0.271 e. The Morgan fingerprint density at radius 3 is 2.71 bits per heavy atom. The van der Waals surface area contributed by atoms with Gasteiger partial charge >= 0.3 is 0 Å². The van der Waals surface area contributed by atoms with E-state index in [-0.39, 0.29) is 11.6 Å². The van der Waals surface area contributed by atoms with Gasteiger partial charge in [-0.25, -0.2) is 0 Å². The molecule has 2 N–H and O–H groups in total. The van der Waals surface area contributed by atoms with Crippen molar-refractivity contribution < 1.29 is 9.00 Å². The standard InChI is InChI=1S/C10H16N4O2S/c1-11-9-5-4-8(13-14-9)10(15)12-6-3-7-17(2)16/h4-5H,3,6-7H2,1-2H3,(H,11,14)(H,12,15). The zero-order chi connectivity index (χ0) is 12.7. The molecule has 1 atom stereocenters. The van der Waals surface area contributed by atoms with Crippen LogP contribution in [-0.2, 0) is 10.8 Å². The molecule has 94 valence electrons. The second-order valence-electron chi connectivity index (χ2n) is 3.44. The minimum Gasteiger partial charge on any atom is -0.372 e. The van der Waals surface area contributed by atoms with Crippen LogP contribution in [-0.4, -0.2) is 45.9 Å². The summed E-state index contributed by atoms with van der Waals surface area (Å²) in [4.78, 5) is 11.6. The summed E-state index contributed by atoms with van der Waals surface area (Å²) in [6, 6.07) is 3.29. The Morgan fingerprint density at radius 2 is 2.18 bits per heavy atom. The SMILES string of the molecule is CNc1ccc(C(=O)NCCCS(C)=O)nn1. The molecule has 0 fully saturated rings. The van der Waals surface area contributed by atoms with Crippen LogP contribution in [0.15, 0.2) is 12.1 Å². The molecular weight excluding hydrogens is 240 g/mol. The molecule has 0 aliphatic heterocycles. The summed E-state index contributed by atoms with van der Waals surface area (Å²) >= 11 is 0. The number of aromatic nitrogens is 2. The van der Waals surface area contributed by atoms with E-state index in [1.54, 1.807) is 25.4 Å². The highest BCUT2D eigenvalue weighted by atomic mass is 32.2. The van der Waals surface area contributed by atoms with Crippen LogP contribution in [0.3, 0.4) is 0 Å². The van der Waals surface area contributed by atoms with Crippen molar-refractivity contribution in [2.24, 2.45) is 0 Å². The van der Waals surface area contributed by atoms with Crippen molar-refractivity contribution in [2.75, 3.05) is 30.9 Å². The van der Waals surface area contributed by atoms with Crippen LogP contribution in [0, 0.1) is 0 Å². The quantitative estimate of drug-likeness (QED) is 0.701. The largest absolute Gasteiger partial charge is 0.372 e. The van der Waals surface area contributed by atoms with E-state index in [0.717, 1.165) is 0 Å². The van der Waals surface area contributed by atoms with Crippen molar-refractivity contribution in [3.05, 3.63) is 17.8 Å². The fourth-order valence-corrected chi connectivity index (χ4v) is 1.71. The Hall–Kier alpha value is -1.50. The number of hydrogen-bond donors (Lipinski definition) is 2. The van der Waals surface area contributed by atoms with Gasteiger partial charge in [0.2, 0.25) is 0 Å². The highest BCUT2D eigenvalue weighted by molar-refractivity contribution is 7.84. The zero-order valence-electron chi connectivity index (χ0n) is 9.90. The number of nitrogens with zero attached hydrogens (tertiary/aromatic N) is 2. The van der Waals surface area contributed by atoms with Crippen LogP contribution in [0.5, 0.6) is 0 Å². The average molecular weight is 256 g/mol. The Labute approximate surface area is 103 Å². The lowest BCUT2D eigenvalue weighted by molar-refractivity contribution is 0.0948. The van der Waals surface area contributed by atoms with Gasteiger partial charge in [0.1, 0.15) is 5.82 Å². The number of carbonyl (C=O) groups excluding carboxylic acids is 1. The molecule has 1 rings (SSSR count). The van der Waals surface area contributed by atoms with Crippen molar-refractivity contribution in [3.63, 3.8) is 0 Å². The van der Waals surface area contributed by atoms with E-state index in [9.17, 15) is 9.00 Å². The summed E-state index contributed by atoms with van der Waals surface area (Å²) in [6.07, 6.45) is 2.33. The van der Waals surface area contributed by atoms with Gasteiger partial charge in [0.05, 0.1) is 0 Å². The first-order chi connectivity index (χ1) is 8.13. The average Bonchev–Trinajstić information content (AvgIpc) is 2.34. The third-order valence-electron chi connectivity index (χ3n) is 2.05. The van der Waals surface area contributed by atoms with E-state index >= 15 is 0 Å². The van der Waals surface area contributed by atoms with E-state index in [0.29, 0.717) is 24.5 Å². The molecule has 1 unspecified atom stereocenters.